The highest BCUT2D eigenvalue weighted by atomic mass is 15.0. The van der Waals surface area contributed by atoms with E-state index in [4.69, 9.17) is 15.0 Å². The van der Waals surface area contributed by atoms with Crippen LogP contribution in [0.1, 0.15) is 30.5 Å². The molecule has 53 heavy (non-hydrogen) atoms. The van der Waals surface area contributed by atoms with Gasteiger partial charge in [-0.2, -0.15) is 5.26 Å². The average molecular weight is 679 g/mol. The molecular weight excluding hydrogens is 645 g/mol. The molecule has 0 radical (unpaired) electrons. The van der Waals surface area contributed by atoms with E-state index < -0.39 is 0 Å². The lowest BCUT2D eigenvalue weighted by atomic mass is 9.82. The summed E-state index contributed by atoms with van der Waals surface area (Å²) in [4.78, 5) is 14.8. The summed E-state index contributed by atoms with van der Waals surface area (Å²) < 4.78 is 0. The first-order valence-corrected chi connectivity index (χ1v) is 17.8. The van der Waals surface area contributed by atoms with Crippen molar-refractivity contribution in [2.24, 2.45) is 0 Å². The lowest BCUT2D eigenvalue weighted by molar-refractivity contribution is 0.660. The zero-order valence-electron chi connectivity index (χ0n) is 29.5. The third-order valence-corrected chi connectivity index (χ3v) is 10.4. The molecule has 0 bridgehead atoms. The van der Waals surface area contributed by atoms with E-state index in [2.05, 4.69) is 141 Å². The van der Waals surface area contributed by atoms with Crippen LogP contribution in [0.25, 0.3) is 78.7 Å². The maximum atomic E-state index is 9.56. The lowest BCUT2D eigenvalue weighted by Gasteiger charge is -2.21. The smallest absolute Gasteiger partial charge is 0.164 e. The highest BCUT2D eigenvalue weighted by Crippen LogP contribution is 2.50. The normalized spacial score (nSPS) is 12.5. The molecular formula is C49H34N4. The van der Waals surface area contributed by atoms with Crippen LogP contribution in [0.3, 0.4) is 0 Å². The minimum absolute atomic E-state index is 0.104. The second-order valence-corrected chi connectivity index (χ2v) is 14.0. The Hall–Kier alpha value is -6.96. The summed E-state index contributed by atoms with van der Waals surface area (Å²) in [7, 11) is 0. The molecule has 0 unspecified atom stereocenters. The van der Waals surface area contributed by atoms with E-state index in [1.807, 2.05) is 48.5 Å². The predicted molar refractivity (Wildman–Crippen MR) is 215 cm³/mol. The van der Waals surface area contributed by atoms with Gasteiger partial charge in [0.2, 0.25) is 0 Å². The fourth-order valence-corrected chi connectivity index (χ4v) is 7.48. The van der Waals surface area contributed by atoms with Crippen molar-refractivity contribution in [1.82, 2.24) is 15.0 Å². The number of benzene rings is 7. The molecule has 7 aromatic carbocycles. The molecule has 0 spiro atoms. The van der Waals surface area contributed by atoms with E-state index in [0.717, 1.165) is 50.1 Å². The number of aromatic nitrogens is 3. The Morgan fingerprint density at radius 1 is 0.377 bits per heavy atom. The molecule has 8 aromatic rings. The Bertz CT molecular complexity index is 2650. The van der Waals surface area contributed by atoms with Crippen molar-refractivity contribution in [1.29, 1.82) is 5.26 Å². The van der Waals surface area contributed by atoms with E-state index in [1.165, 1.54) is 22.3 Å². The van der Waals surface area contributed by atoms with Gasteiger partial charge in [-0.3, -0.25) is 0 Å². The van der Waals surface area contributed by atoms with Crippen molar-refractivity contribution in [3.05, 3.63) is 187 Å². The molecule has 0 amide bonds. The minimum Gasteiger partial charge on any atom is -0.208 e. The first kappa shape index (κ1) is 32.0. The van der Waals surface area contributed by atoms with E-state index in [9.17, 15) is 5.26 Å². The topological polar surface area (TPSA) is 62.5 Å². The molecule has 1 aliphatic carbocycles. The Morgan fingerprint density at radius 3 is 1.19 bits per heavy atom. The van der Waals surface area contributed by atoms with E-state index >= 15 is 0 Å². The number of hydrogen-bond donors (Lipinski definition) is 0. The maximum Gasteiger partial charge on any atom is 0.164 e. The van der Waals surface area contributed by atoms with E-state index in [0.29, 0.717) is 23.0 Å². The standard InChI is InChI=1S/C49H34N4/c1-49(2)44-27-13-32(31-50)29-42(44)43-30-41(26-28-45(43)49)37-16-14-35(15-17-37)36-20-24-40(25-21-36)48-52-46(38-11-7-4-8-12-38)51-47(53-48)39-22-18-34(19-23-39)33-9-5-3-6-10-33/h3-30H,1-2H3. The maximum absolute atomic E-state index is 9.56. The van der Waals surface area contributed by atoms with Gasteiger partial charge in [-0.1, -0.05) is 166 Å². The van der Waals surface area contributed by atoms with Gasteiger partial charge in [0.05, 0.1) is 11.6 Å². The largest absolute Gasteiger partial charge is 0.208 e. The summed E-state index contributed by atoms with van der Waals surface area (Å²) in [5, 5.41) is 9.56. The van der Waals surface area contributed by atoms with Gasteiger partial charge in [0.25, 0.3) is 0 Å². The SMILES string of the molecule is CC1(C)c2ccc(C#N)cc2-c2cc(-c3ccc(-c4ccc(-c5nc(-c6ccccc6)nc(-c6ccc(-c7ccccc7)cc6)n5)cc4)cc3)ccc21. The molecule has 0 fully saturated rings. The molecule has 4 nitrogen and oxygen atoms in total. The molecule has 0 N–H and O–H groups in total. The summed E-state index contributed by atoms with van der Waals surface area (Å²) in [6, 6.07) is 61.1. The van der Waals surface area contributed by atoms with Gasteiger partial charge >= 0.3 is 0 Å². The highest BCUT2D eigenvalue weighted by molar-refractivity contribution is 5.85. The van der Waals surface area contributed by atoms with E-state index in [1.54, 1.807) is 0 Å². The Morgan fingerprint density at radius 2 is 0.717 bits per heavy atom. The van der Waals surface area contributed by atoms with Crippen LogP contribution >= 0.6 is 0 Å². The van der Waals surface area contributed by atoms with E-state index in [-0.39, 0.29) is 5.41 Å². The third kappa shape index (κ3) is 5.89. The summed E-state index contributed by atoms with van der Waals surface area (Å²) >= 11 is 0. The van der Waals surface area contributed by atoms with Crippen LogP contribution in [-0.4, -0.2) is 15.0 Å². The zero-order valence-corrected chi connectivity index (χ0v) is 29.5. The van der Waals surface area contributed by atoms with Gasteiger partial charge in [0.15, 0.2) is 17.5 Å². The van der Waals surface area contributed by atoms with Crippen LogP contribution in [0.15, 0.2) is 170 Å². The van der Waals surface area contributed by atoms with Gasteiger partial charge in [-0.25, -0.2) is 15.0 Å². The number of nitriles is 1. The van der Waals surface area contributed by atoms with Crippen LogP contribution in [0.4, 0.5) is 0 Å². The number of hydrogen-bond acceptors (Lipinski definition) is 4. The zero-order chi connectivity index (χ0) is 35.9. The molecule has 250 valence electrons. The lowest BCUT2D eigenvalue weighted by Crippen LogP contribution is -2.14. The monoisotopic (exact) mass is 678 g/mol. The number of rotatable bonds is 6. The molecule has 0 saturated carbocycles. The number of nitrogens with zero attached hydrogens (tertiary/aromatic N) is 4. The first-order chi connectivity index (χ1) is 25.9. The van der Waals surface area contributed by atoms with Gasteiger partial charge in [-0.05, 0) is 73.8 Å². The molecule has 0 aliphatic heterocycles. The fraction of sp³-hybridized carbons (Fsp3) is 0.0612. The molecule has 4 heteroatoms. The van der Waals surface area contributed by atoms with Crippen LogP contribution in [-0.2, 0) is 5.41 Å². The van der Waals surface area contributed by atoms with Crippen molar-refractivity contribution >= 4 is 0 Å². The van der Waals surface area contributed by atoms with Crippen LogP contribution in [0.5, 0.6) is 0 Å². The second-order valence-electron chi connectivity index (χ2n) is 14.0. The van der Waals surface area contributed by atoms with Crippen molar-refractivity contribution in [3.63, 3.8) is 0 Å². The molecule has 1 aromatic heterocycles. The molecule has 9 rings (SSSR count). The quantitative estimate of drug-likeness (QED) is 0.176. The van der Waals surface area contributed by atoms with Crippen molar-refractivity contribution in [3.8, 4) is 84.7 Å². The molecule has 0 saturated heterocycles. The van der Waals surface area contributed by atoms with Gasteiger partial charge in [0.1, 0.15) is 0 Å². The summed E-state index contributed by atoms with van der Waals surface area (Å²) in [5.74, 6) is 1.91. The van der Waals surface area contributed by atoms with Gasteiger partial charge < -0.3 is 0 Å². The first-order valence-electron chi connectivity index (χ1n) is 17.8. The average Bonchev–Trinajstić information content (AvgIpc) is 3.46. The van der Waals surface area contributed by atoms with Crippen LogP contribution in [0.2, 0.25) is 0 Å². The summed E-state index contributed by atoms with van der Waals surface area (Å²) in [6.45, 7) is 4.52. The summed E-state index contributed by atoms with van der Waals surface area (Å²) in [5.41, 5.74) is 15.2. The summed E-state index contributed by atoms with van der Waals surface area (Å²) in [6.07, 6.45) is 0. The van der Waals surface area contributed by atoms with Gasteiger partial charge in [0, 0.05) is 22.1 Å². The Labute approximate surface area is 309 Å². The Balaban J connectivity index is 1.01. The molecule has 0 atom stereocenters. The molecule has 1 aliphatic rings. The van der Waals surface area contributed by atoms with Crippen molar-refractivity contribution in [2.45, 2.75) is 19.3 Å². The van der Waals surface area contributed by atoms with Crippen molar-refractivity contribution in [2.75, 3.05) is 0 Å². The fourth-order valence-electron chi connectivity index (χ4n) is 7.48. The van der Waals surface area contributed by atoms with Crippen molar-refractivity contribution < 1.29 is 0 Å². The predicted octanol–water partition coefficient (Wildman–Crippen LogP) is 12.1. The Kier molecular flexibility index (Phi) is 7.83. The van der Waals surface area contributed by atoms with Crippen LogP contribution in [0, 0.1) is 11.3 Å². The number of fused-ring (bicyclic) bond motifs is 3. The van der Waals surface area contributed by atoms with Gasteiger partial charge in [-0.15, -0.1) is 0 Å². The highest BCUT2D eigenvalue weighted by Gasteiger charge is 2.35. The van der Waals surface area contributed by atoms with Crippen LogP contribution < -0.4 is 0 Å². The second kappa shape index (κ2) is 13.0. The minimum atomic E-state index is -0.104. The third-order valence-electron chi connectivity index (χ3n) is 10.4. The molecule has 1 heterocycles.